The van der Waals surface area contributed by atoms with Crippen molar-refractivity contribution in [2.24, 2.45) is 11.8 Å². The fourth-order valence-electron chi connectivity index (χ4n) is 3.22. The maximum Gasteiger partial charge on any atom is 0.0688 e. The Morgan fingerprint density at radius 2 is 2.33 bits per heavy atom. The molecule has 78 valence electrons. The van der Waals surface area contributed by atoms with E-state index in [2.05, 4.69) is 16.3 Å². The van der Waals surface area contributed by atoms with Gasteiger partial charge in [-0.05, 0) is 43.6 Å². The molecule has 1 N–H and O–H groups in total. The quantitative estimate of drug-likeness (QED) is 0.700. The number of fused-ring (bicyclic) bond motifs is 3. The summed E-state index contributed by atoms with van der Waals surface area (Å²) in [6, 6.07) is 2.42. The molecule has 3 heteroatoms. The lowest BCUT2D eigenvalue weighted by atomic mass is 9.67. The van der Waals surface area contributed by atoms with Gasteiger partial charge in [0.05, 0.1) is 11.8 Å². The Balaban J connectivity index is 1.91. The van der Waals surface area contributed by atoms with E-state index in [9.17, 15) is 0 Å². The molecule has 3 unspecified atom stereocenters. The molecule has 1 heterocycles. The van der Waals surface area contributed by atoms with Crippen molar-refractivity contribution in [3.63, 3.8) is 0 Å². The third-order valence-electron chi connectivity index (χ3n) is 4.06. The van der Waals surface area contributed by atoms with Crippen LogP contribution in [-0.2, 0) is 6.42 Å². The van der Waals surface area contributed by atoms with Crippen molar-refractivity contribution in [2.75, 3.05) is 0 Å². The van der Waals surface area contributed by atoms with E-state index in [1.807, 2.05) is 6.20 Å². The van der Waals surface area contributed by atoms with Crippen LogP contribution in [-0.4, -0.2) is 10.2 Å². The van der Waals surface area contributed by atoms with E-state index >= 15 is 0 Å². The summed E-state index contributed by atoms with van der Waals surface area (Å²) in [4.78, 5) is 0. The van der Waals surface area contributed by atoms with Crippen LogP contribution in [0.4, 0.5) is 0 Å². The van der Waals surface area contributed by atoms with Crippen LogP contribution in [0.3, 0.4) is 0 Å². The zero-order valence-corrected chi connectivity index (χ0v) is 8.74. The summed E-state index contributed by atoms with van der Waals surface area (Å²) in [6.07, 6.45) is 7.83. The number of nitrogens with one attached hydrogen (secondary N) is 1. The molecule has 0 radical (unpaired) electrons. The number of nitriles is 1. The van der Waals surface area contributed by atoms with E-state index in [0.29, 0.717) is 5.92 Å². The van der Waals surface area contributed by atoms with Gasteiger partial charge in [0.1, 0.15) is 0 Å². The number of aromatic nitrogens is 2. The predicted octanol–water partition coefficient (Wildman–Crippen LogP) is 2.38. The molecule has 1 aromatic rings. The molecule has 3 atom stereocenters. The van der Waals surface area contributed by atoms with Crippen molar-refractivity contribution in [2.45, 2.75) is 38.0 Å². The first-order valence-corrected chi connectivity index (χ1v) is 5.80. The molecule has 3 rings (SSSR count). The van der Waals surface area contributed by atoms with Crippen molar-refractivity contribution >= 4 is 0 Å². The number of hydrogen-bond donors (Lipinski definition) is 1. The molecule has 0 aromatic carbocycles. The minimum atomic E-state index is 0.258. The van der Waals surface area contributed by atoms with Crippen LogP contribution in [0.15, 0.2) is 6.20 Å². The van der Waals surface area contributed by atoms with Crippen molar-refractivity contribution < 1.29 is 0 Å². The number of aromatic amines is 1. The van der Waals surface area contributed by atoms with Gasteiger partial charge in [0.25, 0.3) is 0 Å². The first kappa shape index (κ1) is 8.96. The van der Waals surface area contributed by atoms with Crippen molar-refractivity contribution in [1.29, 1.82) is 5.26 Å². The molecule has 15 heavy (non-hydrogen) atoms. The lowest BCUT2D eigenvalue weighted by molar-refractivity contribution is 0.240. The lowest BCUT2D eigenvalue weighted by Gasteiger charge is -2.36. The lowest BCUT2D eigenvalue weighted by Crippen LogP contribution is -2.27. The summed E-state index contributed by atoms with van der Waals surface area (Å²) < 4.78 is 0. The van der Waals surface area contributed by atoms with E-state index in [-0.39, 0.29) is 5.92 Å². The van der Waals surface area contributed by atoms with Crippen LogP contribution in [0.25, 0.3) is 0 Å². The van der Waals surface area contributed by atoms with Gasteiger partial charge < -0.3 is 0 Å². The van der Waals surface area contributed by atoms with Crippen LogP contribution < -0.4 is 0 Å². The number of rotatable bonds is 0. The van der Waals surface area contributed by atoms with Gasteiger partial charge in [-0.2, -0.15) is 10.4 Å². The van der Waals surface area contributed by atoms with Crippen molar-refractivity contribution in [1.82, 2.24) is 10.2 Å². The van der Waals surface area contributed by atoms with Crippen LogP contribution in [0.1, 0.15) is 42.9 Å². The second-order valence-electron chi connectivity index (χ2n) is 4.84. The fraction of sp³-hybridized carbons (Fsp3) is 0.667. The third-order valence-corrected chi connectivity index (χ3v) is 4.06. The van der Waals surface area contributed by atoms with Crippen LogP contribution in [0.2, 0.25) is 0 Å². The molecular formula is C12H15N3. The summed E-state index contributed by atoms with van der Waals surface area (Å²) in [7, 11) is 0. The SMILES string of the molecule is N#CC1CCC2CCc3c[nH]nc3C2C1. The smallest absolute Gasteiger partial charge is 0.0688 e. The van der Waals surface area contributed by atoms with Crippen molar-refractivity contribution in [3.8, 4) is 6.07 Å². The van der Waals surface area contributed by atoms with Gasteiger partial charge in [-0.25, -0.2) is 0 Å². The number of aryl methyl sites for hydroxylation is 1. The average Bonchev–Trinajstić information content (AvgIpc) is 2.76. The molecule has 0 saturated heterocycles. The molecule has 3 nitrogen and oxygen atoms in total. The van der Waals surface area contributed by atoms with Crippen LogP contribution in [0, 0.1) is 23.2 Å². The molecule has 2 aliphatic carbocycles. The topological polar surface area (TPSA) is 52.5 Å². The van der Waals surface area contributed by atoms with Crippen molar-refractivity contribution in [3.05, 3.63) is 17.5 Å². The molecule has 2 aliphatic rings. The van der Waals surface area contributed by atoms with Gasteiger partial charge >= 0.3 is 0 Å². The molecule has 0 amide bonds. The van der Waals surface area contributed by atoms with Gasteiger partial charge in [-0.15, -0.1) is 0 Å². The summed E-state index contributed by atoms with van der Waals surface area (Å²) >= 11 is 0. The number of nitrogens with zero attached hydrogens (tertiary/aromatic N) is 2. The molecule has 1 fully saturated rings. The van der Waals surface area contributed by atoms with Gasteiger partial charge in [-0.1, -0.05) is 0 Å². The summed E-state index contributed by atoms with van der Waals surface area (Å²) in [5, 5.41) is 16.4. The van der Waals surface area contributed by atoms with Gasteiger partial charge in [0, 0.05) is 18.0 Å². The highest BCUT2D eigenvalue weighted by atomic mass is 15.1. The minimum absolute atomic E-state index is 0.258. The highest BCUT2D eigenvalue weighted by molar-refractivity contribution is 5.26. The minimum Gasteiger partial charge on any atom is -0.285 e. The monoisotopic (exact) mass is 201 g/mol. The zero-order valence-electron chi connectivity index (χ0n) is 8.74. The largest absolute Gasteiger partial charge is 0.285 e. The normalized spacial score (nSPS) is 33.9. The predicted molar refractivity (Wildman–Crippen MR) is 56.1 cm³/mol. The maximum atomic E-state index is 9.00. The van der Waals surface area contributed by atoms with Crippen LogP contribution in [0.5, 0.6) is 0 Å². The Kier molecular flexibility index (Phi) is 2.02. The Labute approximate surface area is 89.5 Å². The Bertz CT molecular complexity index is 401. The molecule has 0 bridgehead atoms. The molecule has 1 aromatic heterocycles. The van der Waals surface area contributed by atoms with E-state index in [0.717, 1.165) is 18.8 Å². The fourth-order valence-corrected chi connectivity index (χ4v) is 3.22. The van der Waals surface area contributed by atoms with E-state index in [1.54, 1.807) is 0 Å². The number of H-pyrrole nitrogens is 1. The molecular weight excluding hydrogens is 186 g/mol. The highest BCUT2D eigenvalue weighted by Gasteiger charge is 2.36. The average molecular weight is 201 g/mol. The summed E-state index contributed by atoms with van der Waals surface area (Å²) in [5.74, 6) is 1.60. The Hall–Kier alpha value is -1.30. The second-order valence-corrected chi connectivity index (χ2v) is 4.84. The van der Waals surface area contributed by atoms with E-state index in [1.165, 1.54) is 30.5 Å². The number of hydrogen-bond acceptors (Lipinski definition) is 2. The van der Waals surface area contributed by atoms with Gasteiger partial charge in [-0.3, -0.25) is 5.10 Å². The molecule has 0 aliphatic heterocycles. The summed E-state index contributed by atoms with van der Waals surface area (Å²) in [5.41, 5.74) is 2.64. The van der Waals surface area contributed by atoms with E-state index in [4.69, 9.17) is 5.26 Å². The van der Waals surface area contributed by atoms with E-state index < -0.39 is 0 Å². The first-order valence-electron chi connectivity index (χ1n) is 5.80. The second kappa shape index (κ2) is 3.37. The van der Waals surface area contributed by atoms with Crippen LogP contribution >= 0.6 is 0 Å². The molecule has 0 spiro atoms. The Morgan fingerprint density at radius 3 is 3.20 bits per heavy atom. The standard InChI is InChI=1S/C12H15N3/c13-6-8-1-2-9-3-4-10-7-14-15-12(10)11(9)5-8/h7-9,11H,1-5H2,(H,14,15). The van der Waals surface area contributed by atoms with Gasteiger partial charge in [0.2, 0.25) is 0 Å². The third kappa shape index (κ3) is 1.36. The highest BCUT2D eigenvalue weighted by Crippen LogP contribution is 2.45. The zero-order chi connectivity index (χ0) is 10.3. The molecule has 1 saturated carbocycles. The first-order chi connectivity index (χ1) is 7.38. The Morgan fingerprint density at radius 1 is 1.40 bits per heavy atom. The maximum absolute atomic E-state index is 9.00. The summed E-state index contributed by atoms with van der Waals surface area (Å²) in [6.45, 7) is 0. The van der Waals surface area contributed by atoms with Gasteiger partial charge in [0.15, 0.2) is 0 Å².